The van der Waals surface area contributed by atoms with Crippen molar-refractivity contribution in [1.82, 2.24) is 10.2 Å². The van der Waals surface area contributed by atoms with Crippen molar-refractivity contribution >= 4 is 27.5 Å². The van der Waals surface area contributed by atoms with Crippen LogP contribution in [0.25, 0.3) is 0 Å². The molecule has 1 N–H and O–H groups in total. The molecule has 0 bridgehead atoms. The molecule has 1 aliphatic rings. The fraction of sp³-hybridized carbons (Fsp3) is 0.500. The van der Waals surface area contributed by atoms with Crippen molar-refractivity contribution in [2.24, 2.45) is 0 Å². The van der Waals surface area contributed by atoms with Gasteiger partial charge in [0.25, 0.3) is 0 Å². The SMILES string of the molecule is COc1ccc(N(CCCC(=O)N(Cc2ccc(C)cc2)[C@H](C)C(=O)NC2CCCC2)S(C)(=O)=O)cc1. The van der Waals surface area contributed by atoms with Gasteiger partial charge in [0.05, 0.1) is 19.1 Å². The smallest absolute Gasteiger partial charge is 0.242 e. The summed E-state index contributed by atoms with van der Waals surface area (Å²) in [6.45, 7) is 4.22. The minimum atomic E-state index is -3.55. The molecule has 0 unspecified atom stereocenters. The quantitative estimate of drug-likeness (QED) is 0.448. The van der Waals surface area contributed by atoms with Crippen LogP contribution in [-0.4, -0.2) is 57.1 Å². The molecule has 2 aromatic carbocycles. The molecule has 0 aromatic heterocycles. The lowest BCUT2D eigenvalue weighted by Gasteiger charge is -2.30. The number of hydrogen-bond donors (Lipinski definition) is 1. The average molecular weight is 530 g/mol. The third kappa shape index (κ3) is 8.21. The second kappa shape index (κ2) is 12.9. The molecule has 37 heavy (non-hydrogen) atoms. The number of hydrogen-bond acceptors (Lipinski definition) is 5. The zero-order chi connectivity index (χ0) is 27.0. The summed E-state index contributed by atoms with van der Waals surface area (Å²) in [5, 5.41) is 3.10. The van der Waals surface area contributed by atoms with Crippen molar-refractivity contribution in [3.05, 3.63) is 59.7 Å². The first-order valence-corrected chi connectivity index (χ1v) is 14.7. The Hall–Kier alpha value is -3.07. The Balaban J connectivity index is 1.70. The Morgan fingerprint density at radius 3 is 2.24 bits per heavy atom. The van der Waals surface area contributed by atoms with Crippen molar-refractivity contribution in [2.45, 2.75) is 71.0 Å². The molecule has 9 heteroatoms. The van der Waals surface area contributed by atoms with E-state index in [0.717, 1.165) is 43.1 Å². The second-order valence-electron chi connectivity index (χ2n) is 9.81. The summed E-state index contributed by atoms with van der Waals surface area (Å²) in [6, 6.07) is 14.2. The van der Waals surface area contributed by atoms with Gasteiger partial charge in [0.1, 0.15) is 11.8 Å². The van der Waals surface area contributed by atoms with Gasteiger partial charge >= 0.3 is 0 Å². The highest BCUT2D eigenvalue weighted by Gasteiger charge is 2.28. The van der Waals surface area contributed by atoms with E-state index >= 15 is 0 Å². The molecule has 0 aliphatic heterocycles. The molecule has 0 spiro atoms. The molecule has 202 valence electrons. The van der Waals surface area contributed by atoms with Crippen LogP contribution in [0.4, 0.5) is 5.69 Å². The molecule has 0 saturated heterocycles. The van der Waals surface area contributed by atoms with Crippen molar-refractivity contribution < 1.29 is 22.7 Å². The fourth-order valence-electron chi connectivity index (χ4n) is 4.62. The highest BCUT2D eigenvalue weighted by molar-refractivity contribution is 7.92. The summed E-state index contributed by atoms with van der Waals surface area (Å²) in [7, 11) is -2.00. The molecule has 3 rings (SSSR count). The number of carbonyl (C=O) groups excluding carboxylic acids is 2. The molecule has 1 atom stereocenters. The van der Waals surface area contributed by atoms with Gasteiger partial charge in [-0.25, -0.2) is 8.42 Å². The summed E-state index contributed by atoms with van der Waals surface area (Å²) >= 11 is 0. The number of carbonyl (C=O) groups is 2. The third-order valence-electron chi connectivity index (χ3n) is 6.85. The zero-order valence-electron chi connectivity index (χ0n) is 22.3. The maximum atomic E-state index is 13.4. The monoisotopic (exact) mass is 529 g/mol. The van der Waals surface area contributed by atoms with E-state index in [1.165, 1.54) is 4.31 Å². The van der Waals surface area contributed by atoms with E-state index in [1.807, 2.05) is 31.2 Å². The molecule has 0 heterocycles. The minimum absolute atomic E-state index is 0.120. The molecule has 2 amide bonds. The average Bonchev–Trinajstić information content (AvgIpc) is 3.38. The molecule has 1 aliphatic carbocycles. The number of ether oxygens (including phenoxy) is 1. The van der Waals surface area contributed by atoms with E-state index in [-0.39, 0.29) is 30.8 Å². The van der Waals surface area contributed by atoms with Crippen molar-refractivity contribution in [2.75, 3.05) is 24.2 Å². The predicted octanol–water partition coefficient (Wildman–Crippen LogP) is 4.03. The van der Waals surface area contributed by atoms with E-state index in [9.17, 15) is 18.0 Å². The van der Waals surface area contributed by atoms with Crippen molar-refractivity contribution in [1.29, 1.82) is 0 Å². The number of benzene rings is 2. The topological polar surface area (TPSA) is 96.0 Å². The molecular weight excluding hydrogens is 490 g/mol. The summed E-state index contributed by atoms with van der Waals surface area (Å²) in [5.74, 6) is 0.296. The van der Waals surface area contributed by atoms with Gasteiger partial charge in [0.15, 0.2) is 0 Å². The number of anilines is 1. The Labute approximate surface area is 221 Å². The van der Waals surface area contributed by atoms with Crippen molar-refractivity contribution in [3.8, 4) is 5.75 Å². The van der Waals surface area contributed by atoms with Crippen LogP contribution in [0.15, 0.2) is 48.5 Å². The number of nitrogens with zero attached hydrogens (tertiary/aromatic N) is 2. The van der Waals surface area contributed by atoms with Crippen molar-refractivity contribution in [3.63, 3.8) is 0 Å². The van der Waals surface area contributed by atoms with Gasteiger partial charge in [-0.3, -0.25) is 13.9 Å². The standard InChI is InChI=1S/C28H39N3O5S/c1-21-11-13-23(14-12-21)20-30(22(2)28(33)29-24-8-5-6-9-24)27(32)10-7-19-31(37(4,34)35)25-15-17-26(36-3)18-16-25/h11-18,22,24H,5-10,19-20H2,1-4H3,(H,29,33)/t22-/m1/s1. The Kier molecular flexibility index (Phi) is 9.97. The summed E-state index contributed by atoms with van der Waals surface area (Å²) in [5.41, 5.74) is 2.57. The first-order valence-electron chi connectivity index (χ1n) is 12.9. The first kappa shape index (κ1) is 28.5. The Morgan fingerprint density at radius 2 is 1.68 bits per heavy atom. The number of sulfonamides is 1. The van der Waals surface area contributed by atoms with Gasteiger partial charge in [-0.15, -0.1) is 0 Å². The number of nitrogens with one attached hydrogen (secondary N) is 1. The van der Waals surface area contributed by atoms with Crippen LogP contribution < -0.4 is 14.4 Å². The van der Waals surface area contributed by atoms with Crippen LogP contribution in [0.5, 0.6) is 5.75 Å². The highest BCUT2D eigenvalue weighted by atomic mass is 32.2. The number of aryl methyl sites for hydroxylation is 1. The maximum absolute atomic E-state index is 13.4. The number of amides is 2. The molecule has 2 aromatic rings. The van der Waals surface area contributed by atoms with E-state index in [0.29, 0.717) is 24.4 Å². The molecule has 8 nitrogen and oxygen atoms in total. The third-order valence-corrected chi connectivity index (χ3v) is 8.05. The first-order chi connectivity index (χ1) is 17.6. The van der Waals surface area contributed by atoms with Crippen LogP contribution in [0.3, 0.4) is 0 Å². The van der Waals surface area contributed by atoms with Gasteiger partial charge in [-0.2, -0.15) is 0 Å². The number of methoxy groups -OCH3 is 1. The second-order valence-corrected chi connectivity index (χ2v) is 11.7. The van der Waals surface area contributed by atoms with Crippen LogP contribution in [0, 0.1) is 6.92 Å². The Bertz CT molecular complexity index is 1140. The molecular formula is C28H39N3O5S. The minimum Gasteiger partial charge on any atom is -0.497 e. The van der Waals surface area contributed by atoms with Gasteiger partial charge in [-0.1, -0.05) is 42.7 Å². The van der Waals surface area contributed by atoms with Crippen LogP contribution >= 0.6 is 0 Å². The van der Waals surface area contributed by atoms with E-state index < -0.39 is 16.1 Å². The maximum Gasteiger partial charge on any atom is 0.242 e. The van der Waals surface area contributed by atoms with Crippen LogP contribution in [-0.2, 0) is 26.2 Å². The van der Waals surface area contributed by atoms with E-state index in [4.69, 9.17) is 4.74 Å². The van der Waals surface area contributed by atoms with E-state index in [1.54, 1.807) is 43.2 Å². The lowest BCUT2D eigenvalue weighted by molar-refractivity contribution is -0.141. The van der Waals surface area contributed by atoms with Gasteiger partial charge < -0.3 is 15.0 Å². The largest absolute Gasteiger partial charge is 0.497 e. The summed E-state index contributed by atoms with van der Waals surface area (Å²) in [4.78, 5) is 28.1. The lowest BCUT2D eigenvalue weighted by atomic mass is 10.1. The number of rotatable bonds is 12. The van der Waals surface area contributed by atoms with Gasteiger partial charge in [0, 0.05) is 25.6 Å². The Morgan fingerprint density at radius 1 is 1.05 bits per heavy atom. The van der Waals surface area contributed by atoms with Crippen LogP contribution in [0.2, 0.25) is 0 Å². The summed E-state index contributed by atoms with van der Waals surface area (Å²) in [6.07, 6.45) is 5.74. The zero-order valence-corrected chi connectivity index (χ0v) is 23.1. The predicted molar refractivity (Wildman–Crippen MR) is 146 cm³/mol. The lowest BCUT2D eigenvalue weighted by Crippen LogP contribution is -2.49. The summed E-state index contributed by atoms with van der Waals surface area (Å²) < 4.78 is 31.4. The van der Waals surface area contributed by atoms with Gasteiger partial charge in [0.2, 0.25) is 21.8 Å². The fourth-order valence-corrected chi connectivity index (χ4v) is 5.58. The van der Waals surface area contributed by atoms with Gasteiger partial charge in [-0.05, 0) is 62.9 Å². The van der Waals surface area contributed by atoms with Crippen LogP contribution in [0.1, 0.15) is 56.6 Å². The molecule has 0 radical (unpaired) electrons. The molecule has 1 saturated carbocycles. The normalized spacial score (nSPS) is 14.7. The molecule has 1 fully saturated rings. The highest BCUT2D eigenvalue weighted by Crippen LogP contribution is 2.23. The van der Waals surface area contributed by atoms with E-state index in [2.05, 4.69) is 5.32 Å².